The Bertz CT molecular complexity index is 1100. The van der Waals surface area contributed by atoms with Gasteiger partial charge in [-0.25, -0.2) is 4.79 Å². The first-order valence-corrected chi connectivity index (χ1v) is 9.64. The lowest BCUT2D eigenvalue weighted by atomic mass is 10.1. The molecule has 3 aromatic carbocycles. The first-order valence-electron chi connectivity index (χ1n) is 9.64. The van der Waals surface area contributed by atoms with Gasteiger partial charge in [0.2, 0.25) is 5.75 Å². The van der Waals surface area contributed by atoms with Crippen LogP contribution in [0.2, 0.25) is 0 Å². The Balaban J connectivity index is 1.65. The highest BCUT2D eigenvalue weighted by Gasteiger charge is 2.16. The molecule has 0 aliphatic rings. The van der Waals surface area contributed by atoms with E-state index in [2.05, 4.69) is 22.5 Å². The van der Waals surface area contributed by atoms with Crippen LogP contribution < -0.4 is 24.8 Å². The van der Waals surface area contributed by atoms with E-state index >= 15 is 0 Å². The van der Waals surface area contributed by atoms with Gasteiger partial charge in [0.25, 0.3) is 0 Å². The molecule has 2 N–H and O–H groups in total. The average molecular weight is 416 g/mol. The van der Waals surface area contributed by atoms with Gasteiger partial charge in [0, 0.05) is 28.9 Å². The number of rotatable bonds is 6. The molecule has 0 saturated carbocycles. The van der Waals surface area contributed by atoms with E-state index in [-0.39, 0.29) is 12.6 Å². The molecule has 0 spiro atoms. The fourth-order valence-electron chi connectivity index (χ4n) is 2.99. The molecule has 0 saturated heterocycles. The molecule has 0 aromatic heterocycles. The Morgan fingerprint density at radius 1 is 0.806 bits per heavy atom. The number of anilines is 1. The smallest absolute Gasteiger partial charge is 0.319 e. The Morgan fingerprint density at radius 2 is 1.52 bits per heavy atom. The number of amides is 2. The summed E-state index contributed by atoms with van der Waals surface area (Å²) in [5.74, 6) is 7.77. The van der Waals surface area contributed by atoms with Crippen molar-refractivity contribution in [1.82, 2.24) is 5.32 Å². The van der Waals surface area contributed by atoms with Crippen molar-refractivity contribution in [2.45, 2.75) is 6.54 Å². The van der Waals surface area contributed by atoms with Crippen molar-refractivity contribution in [3.63, 3.8) is 0 Å². The molecule has 0 atom stereocenters. The number of hydrogen-bond donors (Lipinski definition) is 2. The first kappa shape index (κ1) is 21.6. The SMILES string of the molecule is COc1ccc(CNC(=O)Nc2cccc(C#Cc3ccccc3)c2)c(OC)c1OC. The van der Waals surface area contributed by atoms with E-state index in [0.717, 1.165) is 16.7 Å². The topological polar surface area (TPSA) is 68.8 Å². The van der Waals surface area contributed by atoms with Crippen molar-refractivity contribution in [2.75, 3.05) is 26.6 Å². The maximum Gasteiger partial charge on any atom is 0.319 e. The monoisotopic (exact) mass is 416 g/mol. The van der Waals surface area contributed by atoms with Gasteiger partial charge in [0.1, 0.15) is 0 Å². The van der Waals surface area contributed by atoms with Gasteiger partial charge < -0.3 is 24.8 Å². The predicted octanol–water partition coefficient (Wildman–Crippen LogP) is 4.43. The van der Waals surface area contributed by atoms with E-state index in [1.54, 1.807) is 20.3 Å². The summed E-state index contributed by atoms with van der Waals surface area (Å²) in [6, 6.07) is 20.4. The van der Waals surface area contributed by atoms with E-state index in [1.165, 1.54) is 7.11 Å². The van der Waals surface area contributed by atoms with Gasteiger partial charge in [-0.2, -0.15) is 0 Å². The number of methoxy groups -OCH3 is 3. The molecule has 6 nitrogen and oxygen atoms in total. The number of nitrogens with one attached hydrogen (secondary N) is 2. The molecular weight excluding hydrogens is 392 g/mol. The minimum Gasteiger partial charge on any atom is -0.493 e. The van der Waals surface area contributed by atoms with E-state index < -0.39 is 0 Å². The van der Waals surface area contributed by atoms with Crippen molar-refractivity contribution in [1.29, 1.82) is 0 Å². The first-order chi connectivity index (χ1) is 15.1. The van der Waals surface area contributed by atoms with E-state index in [9.17, 15) is 4.79 Å². The Kier molecular flexibility index (Phi) is 7.39. The van der Waals surface area contributed by atoms with Crippen molar-refractivity contribution in [2.24, 2.45) is 0 Å². The summed E-state index contributed by atoms with van der Waals surface area (Å²) >= 11 is 0. The van der Waals surface area contributed by atoms with Gasteiger partial charge in [-0.3, -0.25) is 0 Å². The standard InChI is InChI=1S/C25H24N2O4/c1-29-22-15-14-20(23(30-2)24(22)31-3)17-26-25(28)27-21-11-7-10-19(16-21)13-12-18-8-5-4-6-9-18/h4-11,14-16H,17H2,1-3H3,(H2,26,27,28). The van der Waals surface area contributed by atoms with Crippen molar-refractivity contribution < 1.29 is 19.0 Å². The maximum atomic E-state index is 12.4. The Labute approximate surface area is 182 Å². The summed E-state index contributed by atoms with van der Waals surface area (Å²) in [7, 11) is 4.64. The van der Waals surface area contributed by atoms with Gasteiger partial charge in [0.05, 0.1) is 21.3 Å². The molecule has 0 radical (unpaired) electrons. The van der Waals surface area contributed by atoms with Crippen LogP contribution in [0, 0.1) is 11.8 Å². The van der Waals surface area contributed by atoms with Crippen molar-refractivity contribution in [3.05, 3.63) is 83.4 Å². The summed E-state index contributed by atoms with van der Waals surface area (Å²) in [6.07, 6.45) is 0. The van der Waals surface area contributed by atoms with Crippen LogP contribution in [0.5, 0.6) is 17.2 Å². The lowest BCUT2D eigenvalue weighted by Crippen LogP contribution is -2.28. The largest absolute Gasteiger partial charge is 0.493 e. The lowest BCUT2D eigenvalue weighted by molar-refractivity contribution is 0.251. The summed E-state index contributed by atoms with van der Waals surface area (Å²) in [4.78, 5) is 12.4. The normalized spacial score (nSPS) is 9.77. The van der Waals surface area contributed by atoms with Crippen LogP contribution in [0.1, 0.15) is 16.7 Å². The molecule has 0 aliphatic carbocycles. The van der Waals surface area contributed by atoms with Crippen LogP contribution in [0.4, 0.5) is 10.5 Å². The number of carbonyl (C=O) groups is 1. The highest BCUT2D eigenvalue weighted by molar-refractivity contribution is 5.89. The molecule has 31 heavy (non-hydrogen) atoms. The highest BCUT2D eigenvalue weighted by atomic mass is 16.5. The van der Waals surface area contributed by atoms with Gasteiger partial charge in [-0.15, -0.1) is 0 Å². The molecular formula is C25H24N2O4. The number of carbonyl (C=O) groups excluding carboxylic acids is 1. The van der Waals surface area contributed by atoms with E-state index in [0.29, 0.717) is 22.9 Å². The second kappa shape index (κ2) is 10.6. The predicted molar refractivity (Wildman–Crippen MR) is 121 cm³/mol. The number of benzene rings is 3. The average Bonchev–Trinajstić information content (AvgIpc) is 2.81. The van der Waals surface area contributed by atoms with Gasteiger partial charge in [-0.1, -0.05) is 36.1 Å². The Morgan fingerprint density at radius 3 is 2.23 bits per heavy atom. The molecule has 0 unspecified atom stereocenters. The molecule has 0 heterocycles. The lowest BCUT2D eigenvalue weighted by Gasteiger charge is -2.16. The van der Waals surface area contributed by atoms with Gasteiger partial charge >= 0.3 is 6.03 Å². The summed E-state index contributed by atoms with van der Waals surface area (Å²) in [5, 5.41) is 5.65. The quantitative estimate of drug-likeness (QED) is 0.583. The minimum absolute atomic E-state index is 0.253. The van der Waals surface area contributed by atoms with Crippen LogP contribution in [0.3, 0.4) is 0 Å². The molecule has 158 valence electrons. The van der Waals surface area contributed by atoms with Crippen LogP contribution in [-0.2, 0) is 6.54 Å². The zero-order chi connectivity index (χ0) is 22.1. The molecule has 3 rings (SSSR count). The van der Waals surface area contributed by atoms with E-state index in [4.69, 9.17) is 14.2 Å². The fourth-order valence-corrected chi connectivity index (χ4v) is 2.99. The van der Waals surface area contributed by atoms with Crippen LogP contribution in [-0.4, -0.2) is 27.4 Å². The summed E-state index contributed by atoms with van der Waals surface area (Å²) in [6.45, 7) is 0.253. The van der Waals surface area contributed by atoms with Crippen LogP contribution in [0.25, 0.3) is 0 Å². The molecule has 3 aromatic rings. The minimum atomic E-state index is -0.343. The summed E-state index contributed by atoms with van der Waals surface area (Å²) < 4.78 is 16.1. The maximum absolute atomic E-state index is 12.4. The molecule has 0 bridgehead atoms. The number of ether oxygens (including phenoxy) is 3. The third kappa shape index (κ3) is 5.71. The van der Waals surface area contributed by atoms with Gasteiger partial charge in [-0.05, 0) is 42.5 Å². The molecule has 6 heteroatoms. The highest BCUT2D eigenvalue weighted by Crippen LogP contribution is 2.39. The van der Waals surface area contributed by atoms with Crippen molar-refractivity contribution >= 4 is 11.7 Å². The van der Waals surface area contributed by atoms with Crippen LogP contribution in [0.15, 0.2) is 66.7 Å². The van der Waals surface area contributed by atoms with Gasteiger partial charge in [0.15, 0.2) is 11.5 Å². The number of hydrogen-bond acceptors (Lipinski definition) is 4. The third-order valence-electron chi connectivity index (χ3n) is 4.47. The van der Waals surface area contributed by atoms with E-state index in [1.807, 2.05) is 60.7 Å². The molecule has 0 aliphatic heterocycles. The van der Waals surface area contributed by atoms with Crippen molar-refractivity contribution in [3.8, 4) is 29.1 Å². The number of urea groups is 1. The second-order valence-electron chi connectivity index (χ2n) is 6.50. The Hall–Kier alpha value is -4.11. The zero-order valence-electron chi connectivity index (χ0n) is 17.7. The molecule has 0 fully saturated rings. The fraction of sp³-hybridized carbons (Fsp3) is 0.160. The third-order valence-corrected chi connectivity index (χ3v) is 4.47. The second-order valence-corrected chi connectivity index (χ2v) is 6.50. The molecule has 2 amide bonds. The van der Waals surface area contributed by atoms with Crippen LogP contribution >= 0.6 is 0 Å². The summed E-state index contributed by atoms with van der Waals surface area (Å²) in [5.41, 5.74) is 3.15. The zero-order valence-corrected chi connectivity index (χ0v) is 17.7.